The van der Waals surface area contributed by atoms with Crippen molar-refractivity contribution in [3.05, 3.63) is 17.7 Å². The lowest BCUT2D eigenvalue weighted by atomic mass is 9.94. The first kappa shape index (κ1) is 18.4. The van der Waals surface area contributed by atoms with Crippen LogP contribution in [-0.2, 0) is 9.53 Å². The second-order valence-electron chi connectivity index (χ2n) is 5.66. The van der Waals surface area contributed by atoms with Crippen LogP contribution in [0.3, 0.4) is 0 Å². The van der Waals surface area contributed by atoms with E-state index in [-0.39, 0.29) is 5.91 Å². The molecule has 1 aliphatic rings. The van der Waals surface area contributed by atoms with Gasteiger partial charge in [0.05, 0.1) is 40.5 Å². The molecule has 134 valence electrons. The van der Waals surface area contributed by atoms with Crippen molar-refractivity contribution in [3.63, 3.8) is 0 Å². The largest absolute Gasteiger partial charge is 0.493 e. The van der Waals surface area contributed by atoms with Crippen LogP contribution in [0, 0.1) is 0 Å². The number of morpholine rings is 1. The van der Waals surface area contributed by atoms with Crippen LogP contribution < -0.4 is 19.9 Å². The lowest BCUT2D eigenvalue weighted by Crippen LogP contribution is -2.38. The molecule has 1 atom stereocenters. The summed E-state index contributed by atoms with van der Waals surface area (Å²) < 4.78 is 21.4. The molecular weight excluding hydrogens is 312 g/mol. The van der Waals surface area contributed by atoms with Gasteiger partial charge in [0.25, 0.3) is 0 Å². The molecule has 1 fully saturated rings. The molecule has 7 heteroatoms. The molecule has 1 saturated heterocycles. The second kappa shape index (κ2) is 8.75. The highest BCUT2D eigenvalue weighted by Gasteiger charge is 2.24. The van der Waals surface area contributed by atoms with Gasteiger partial charge in [-0.05, 0) is 30.7 Å². The monoisotopic (exact) mass is 338 g/mol. The molecule has 0 aromatic heterocycles. The summed E-state index contributed by atoms with van der Waals surface area (Å²) >= 11 is 0. The van der Waals surface area contributed by atoms with Crippen molar-refractivity contribution < 1.29 is 23.7 Å². The fraction of sp³-hybridized carbons (Fsp3) is 0.588. The molecule has 1 amide bonds. The molecule has 7 nitrogen and oxygen atoms in total. The summed E-state index contributed by atoms with van der Waals surface area (Å²) in [5.41, 5.74) is 6.41. The van der Waals surface area contributed by atoms with Crippen molar-refractivity contribution in [1.82, 2.24) is 4.90 Å². The Labute approximate surface area is 142 Å². The zero-order chi connectivity index (χ0) is 17.5. The van der Waals surface area contributed by atoms with E-state index in [1.54, 1.807) is 33.5 Å². The fourth-order valence-electron chi connectivity index (χ4n) is 2.91. The minimum atomic E-state index is -0.415. The summed E-state index contributed by atoms with van der Waals surface area (Å²) in [5, 5.41) is 0. The van der Waals surface area contributed by atoms with E-state index in [9.17, 15) is 4.79 Å². The standard InChI is InChI=1S/C17H26N2O5/c1-21-14-10-12(11-15(22-2)16(14)23-3)13(17(18)20)4-5-19-6-8-24-9-7-19/h10-11,13H,4-9H2,1-3H3,(H2,18,20). The number of hydrogen-bond donors (Lipinski definition) is 1. The number of rotatable bonds is 8. The van der Waals surface area contributed by atoms with Crippen LogP contribution in [0.4, 0.5) is 0 Å². The molecule has 2 N–H and O–H groups in total. The third kappa shape index (κ3) is 4.30. The maximum Gasteiger partial charge on any atom is 0.225 e. The number of hydrogen-bond acceptors (Lipinski definition) is 6. The molecule has 0 radical (unpaired) electrons. The van der Waals surface area contributed by atoms with Crippen molar-refractivity contribution in [2.24, 2.45) is 5.73 Å². The molecule has 1 heterocycles. The van der Waals surface area contributed by atoms with E-state index < -0.39 is 5.92 Å². The highest BCUT2D eigenvalue weighted by atomic mass is 16.5. The van der Waals surface area contributed by atoms with Gasteiger partial charge in [-0.1, -0.05) is 0 Å². The number of carbonyl (C=O) groups excluding carboxylic acids is 1. The van der Waals surface area contributed by atoms with E-state index in [4.69, 9.17) is 24.7 Å². The van der Waals surface area contributed by atoms with Crippen LogP contribution >= 0.6 is 0 Å². The first-order chi connectivity index (χ1) is 11.6. The van der Waals surface area contributed by atoms with Gasteiger partial charge in [-0.3, -0.25) is 9.69 Å². The van der Waals surface area contributed by atoms with E-state index in [0.717, 1.165) is 38.4 Å². The Hall–Kier alpha value is -1.99. The van der Waals surface area contributed by atoms with Gasteiger partial charge < -0.3 is 24.7 Å². The summed E-state index contributed by atoms with van der Waals surface area (Å²) in [6.45, 7) is 3.99. The van der Waals surface area contributed by atoms with Crippen molar-refractivity contribution in [1.29, 1.82) is 0 Å². The third-order valence-corrected chi connectivity index (χ3v) is 4.27. The smallest absolute Gasteiger partial charge is 0.225 e. The van der Waals surface area contributed by atoms with Gasteiger partial charge in [0, 0.05) is 13.1 Å². The maximum absolute atomic E-state index is 12.0. The average Bonchev–Trinajstić information content (AvgIpc) is 2.61. The summed E-state index contributed by atoms with van der Waals surface area (Å²) in [4.78, 5) is 14.3. The van der Waals surface area contributed by atoms with Crippen LogP contribution in [0.1, 0.15) is 17.9 Å². The molecule has 0 saturated carbocycles. The van der Waals surface area contributed by atoms with Gasteiger partial charge >= 0.3 is 0 Å². The Bertz CT molecular complexity index is 533. The van der Waals surface area contributed by atoms with E-state index in [1.807, 2.05) is 0 Å². The lowest BCUT2D eigenvalue weighted by Gasteiger charge is -2.28. The lowest BCUT2D eigenvalue weighted by molar-refractivity contribution is -0.119. The van der Waals surface area contributed by atoms with Gasteiger partial charge in [0.15, 0.2) is 11.5 Å². The van der Waals surface area contributed by atoms with Crippen molar-refractivity contribution in [3.8, 4) is 17.2 Å². The molecule has 24 heavy (non-hydrogen) atoms. The Balaban J connectivity index is 2.21. The van der Waals surface area contributed by atoms with E-state index >= 15 is 0 Å². The van der Waals surface area contributed by atoms with Gasteiger partial charge in [-0.2, -0.15) is 0 Å². The van der Waals surface area contributed by atoms with Crippen molar-refractivity contribution in [2.75, 3.05) is 54.2 Å². The molecule has 1 aliphatic heterocycles. The van der Waals surface area contributed by atoms with E-state index in [0.29, 0.717) is 23.7 Å². The summed E-state index contributed by atoms with van der Waals surface area (Å²) in [6, 6.07) is 3.58. The van der Waals surface area contributed by atoms with Crippen LogP contribution in [0.15, 0.2) is 12.1 Å². The minimum absolute atomic E-state index is 0.363. The molecule has 0 aliphatic carbocycles. The van der Waals surface area contributed by atoms with Crippen LogP contribution in [-0.4, -0.2) is 65.0 Å². The molecule has 1 aromatic carbocycles. The van der Waals surface area contributed by atoms with Crippen LogP contribution in [0.5, 0.6) is 17.2 Å². The first-order valence-corrected chi connectivity index (χ1v) is 8.00. The topological polar surface area (TPSA) is 83.2 Å². The summed E-state index contributed by atoms with van der Waals surface area (Å²) in [7, 11) is 4.65. The van der Waals surface area contributed by atoms with E-state index in [2.05, 4.69) is 4.90 Å². The Morgan fingerprint density at radius 2 is 1.75 bits per heavy atom. The Morgan fingerprint density at radius 3 is 2.21 bits per heavy atom. The van der Waals surface area contributed by atoms with Gasteiger partial charge in [0.2, 0.25) is 11.7 Å². The number of carbonyl (C=O) groups is 1. The number of nitrogens with zero attached hydrogens (tertiary/aromatic N) is 1. The zero-order valence-corrected chi connectivity index (χ0v) is 14.5. The van der Waals surface area contributed by atoms with Gasteiger partial charge in [0.1, 0.15) is 0 Å². The molecular formula is C17H26N2O5. The van der Waals surface area contributed by atoms with Crippen LogP contribution in [0.25, 0.3) is 0 Å². The predicted molar refractivity (Wildman–Crippen MR) is 89.9 cm³/mol. The molecule has 0 spiro atoms. The number of amides is 1. The average molecular weight is 338 g/mol. The van der Waals surface area contributed by atoms with Crippen molar-refractivity contribution in [2.45, 2.75) is 12.3 Å². The summed E-state index contributed by atoms with van der Waals surface area (Å²) in [6.07, 6.45) is 0.633. The first-order valence-electron chi connectivity index (χ1n) is 8.00. The SMILES string of the molecule is COc1cc(C(CCN2CCOCC2)C(N)=O)cc(OC)c1OC. The number of methoxy groups -OCH3 is 3. The van der Waals surface area contributed by atoms with Crippen LogP contribution in [0.2, 0.25) is 0 Å². The van der Waals surface area contributed by atoms with Gasteiger partial charge in [-0.15, -0.1) is 0 Å². The Morgan fingerprint density at radius 1 is 1.17 bits per heavy atom. The normalized spacial score (nSPS) is 16.5. The second-order valence-corrected chi connectivity index (χ2v) is 5.66. The predicted octanol–water partition coefficient (Wildman–Crippen LogP) is 1.00. The highest BCUT2D eigenvalue weighted by Crippen LogP contribution is 2.40. The number of benzene rings is 1. The molecule has 0 bridgehead atoms. The molecule has 2 rings (SSSR count). The Kier molecular flexibility index (Phi) is 6.69. The minimum Gasteiger partial charge on any atom is -0.493 e. The maximum atomic E-state index is 12.0. The van der Waals surface area contributed by atoms with Gasteiger partial charge in [-0.25, -0.2) is 0 Å². The summed E-state index contributed by atoms with van der Waals surface area (Å²) in [5.74, 6) is 0.758. The zero-order valence-electron chi connectivity index (χ0n) is 14.5. The molecule has 1 unspecified atom stereocenters. The van der Waals surface area contributed by atoms with E-state index in [1.165, 1.54) is 0 Å². The fourth-order valence-corrected chi connectivity index (χ4v) is 2.91. The van der Waals surface area contributed by atoms with Crippen molar-refractivity contribution >= 4 is 5.91 Å². The molecule has 1 aromatic rings. The number of nitrogens with two attached hydrogens (primary N) is 1. The number of primary amides is 1. The highest BCUT2D eigenvalue weighted by molar-refractivity contribution is 5.82. The number of ether oxygens (including phenoxy) is 4. The quantitative estimate of drug-likeness (QED) is 0.761. The third-order valence-electron chi connectivity index (χ3n) is 4.27.